The van der Waals surface area contributed by atoms with Gasteiger partial charge in [0.15, 0.2) is 0 Å². The van der Waals surface area contributed by atoms with Gasteiger partial charge in [-0.1, -0.05) is 23.2 Å². The zero-order chi connectivity index (χ0) is 14.5. The monoisotopic (exact) mass is 307 g/mol. The summed E-state index contributed by atoms with van der Waals surface area (Å²) in [5.41, 5.74) is 0.556. The van der Waals surface area contributed by atoms with Crippen molar-refractivity contribution in [3.8, 4) is 17.7 Å². The Labute approximate surface area is 126 Å². The Hall–Kier alpha value is -1.96. The number of pyridine rings is 1. The first-order valence-corrected chi connectivity index (χ1v) is 6.67. The van der Waals surface area contributed by atoms with Crippen molar-refractivity contribution in [2.24, 2.45) is 0 Å². The van der Waals surface area contributed by atoms with Crippen LogP contribution >= 0.6 is 23.2 Å². The van der Waals surface area contributed by atoms with Crippen molar-refractivity contribution >= 4 is 29.0 Å². The molecule has 102 valence electrons. The molecule has 1 aromatic carbocycles. The molecule has 1 N–H and O–H groups in total. The van der Waals surface area contributed by atoms with E-state index in [1.54, 1.807) is 30.3 Å². The summed E-state index contributed by atoms with van der Waals surface area (Å²) in [4.78, 5) is 4.24. The lowest BCUT2D eigenvalue weighted by Gasteiger charge is -2.10. The molecule has 0 spiro atoms. The molecule has 6 heteroatoms. The Morgan fingerprint density at radius 3 is 2.55 bits per heavy atom. The van der Waals surface area contributed by atoms with E-state index in [0.717, 1.165) is 0 Å². The van der Waals surface area contributed by atoms with E-state index in [2.05, 4.69) is 10.3 Å². The maximum Gasteiger partial charge on any atom is 0.240 e. The fraction of sp³-hybridized carbons (Fsp3) is 0.143. The average Bonchev–Trinajstić information content (AvgIpc) is 2.45. The van der Waals surface area contributed by atoms with Crippen LogP contribution in [0, 0.1) is 11.3 Å². The average molecular weight is 308 g/mol. The summed E-state index contributed by atoms with van der Waals surface area (Å²) in [6.45, 7) is 2.62. The molecule has 0 radical (unpaired) electrons. The van der Waals surface area contributed by atoms with Gasteiger partial charge in [0.05, 0.1) is 16.7 Å². The Bertz CT molecular complexity index is 651. The first kappa shape index (κ1) is 14.4. The summed E-state index contributed by atoms with van der Waals surface area (Å²) < 4.78 is 5.60. The van der Waals surface area contributed by atoms with E-state index in [9.17, 15) is 0 Å². The molecular weight excluding hydrogens is 297 g/mol. The highest BCUT2D eigenvalue weighted by Gasteiger charge is 2.11. The quantitative estimate of drug-likeness (QED) is 0.904. The molecule has 0 aliphatic rings. The van der Waals surface area contributed by atoms with Crippen molar-refractivity contribution in [1.29, 1.82) is 5.26 Å². The van der Waals surface area contributed by atoms with Crippen molar-refractivity contribution in [3.05, 3.63) is 45.9 Å². The number of benzene rings is 1. The van der Waals surface area contributed by atoms with Gasteiger partial charge in [-0.2, -0.15) is 10.2 Å². The van der Waals surface area contributed by atoms with Gasteiger partial charge in [-0.3, -0.25) is 0 Å². The summed E-state index contributed by atoms with van der Waals surface area (Å²) in [5, 5.41) is 12.5. The van der Waals surface area contributed by atoms with Gasteiger partial charge < -0.3 is 10.1 Å². The zero-order valence-electron chi connectivity index (χ0n) is 10.7. The number of rotatable bonds is 4. The summed E-state index contributed by atoms with van der Waals surface area (Å²) in [7, 11) is 0. The van der Waals surface area contributed by atoms with Crippen molar-refractivity contribution in [2.75, 3.05) is 11.9 Å². The molecule has 0 atom stereocenters. The van der Waals surface area contributed by atoms with Crippen LogP contribution in [0.5, 0.6) is 11.6 Å². The number of hydrogen-bond donors (Lipinski definition) is 1. The van der Waals surface area contributed by atoms with Crippen LogP contribution in [-0.4, -0.2) is 11.5 Å². The van der Waals surface area contributed by atoms with Crippen LogP contribution in [0.4, 0.5) is 5.82 Å². The molecule has 1 aromatic heterocycles. The predicted octanol–water partition coefficient (Wildman–Crippen LogP) is 4.48. The number of halogens is 2. The van der Waals surface area contributed by atoms with Gasteiger partial charge in [0.2, 0.25) is 5.88 Å². The van der Waals surface area contributed by atoms with Gasteiger partial charge in [0, 0.05) is 6.54 Å². The molecule has 0 bridgehead atoms. The molecule has 4 nitrogen and oxygen atoms in total. The third-order valence-corrected chi connectivity index (χ3v) is 3.00. The number of hydrogen-bond acceptors (Lipinski definition) is 4. The molecular formula is C14H11Cl2N3O. The number of anilines is 1. The normalized spacial score (nSPS) is 9.90. The van der Waals surface area contributed by atoms with Gasteiger partial charge in [0.25, 0.3) is 0 Å². The lowest BCUT2D eigenvalue weighted by Crippen LogP contribution is -2.01. The maximum absolute atomic E-state index is 8.74. The van der Waals surface area contributed by atoms with Crippen LogP contribution in [0.2, 0.25) is 10.0 Å². The standard InChI is InChI=1S/C14H11Cl2N3O/c1-2-18-13-11(15)7-12(16)14(19-13)20-10-5-3-9(8-17)4-6-10/h3-7H,2H2,1H3,(H,18,19). The molecule has 2 aromatic rings. The van der Waals surface area contributed by atoms with E-state index < -0.39 is 0 Å². The van der Waals surface area contributed by atoms with E-state index in [-0.39, 0.29) is 5.88 Å². The minimum atomic E-state index is 0.261. The lowest BCUT2D eigenvalue weighted by molar-refractivity contribution is 0.464. The molecule has 0 aliphatic carbocycles. The van der Waals surface area contributed by atoms with Gasteiger partial charge in [-0.05, 0) is 37.3 Å². The number of nitrogens with zero attached hydrogens (tertiary/aromatic N) is 2. The Kier molecular flexibility index (Phi) is 4.67. The molecule has 0 aliphatic heterocycles. The van der Waals surface area contributed by atoms with E-state index in [4.69, 9.17) is 33.2 Å². The molecule has 1 heterocycles. The number of ether oxygens (including phenoxy) is 1. The van der Waals surface area contributed by atoms with Crippen molar-refractivity contribution in [2.45, 2.75) is 6.92 Å². The van der Waals surface area contributed by atoms with Crippen LogP contribution in [-0.2, 0) is 0 Å². The van der Waals surface area contributed by atoms with Gasteiger partial charge in [-0.25, -0.2) is 0 Å². The number of aromatic nitrogens is 1. The van der Waals surface area contributed by atoms with E-state index >= 15 is 0 Å². The Balaban J connectivity index is 2.27. The minimum Gasteiger partial charge on any atom is -0.437 e. The predicted molar refractivity (Wildman–Crippen MR) is 79.7 cm³/mol. The summed E-state index contributed by atoms with van der Waals surface area (Å²) in [5.74, 6) is 1.32. The van der Waals surface area contributed by atoms with Gasteiger partial charge in [0.1, 0.15) is 16.6 Å². The van der Waals surface area contributed by atoms with Crippen molar-refractivity contribution < 1.29 is 4.74 Å². The first-order valence-electron chi connectivity index (χ1n) is 5.92. The van der Waals surface area contributed by atoms with Gasteiger partial charge in [-0.15, -0.1) is 0 Å². The fourth-order valence-electron chi connectivity index (χ4n) is 1.52. The van der Waals surface area contributed by atoms with E-state index in [0.29, 0.717) is 33.7 Å². The van der Waals surface area contributed by atoms with E-state index in [1.807, 2.05) is 13.0 Å². The highest BCUT2D eigenvalue weighted by molar-refractivity contribution is 6.36. The molecule has 20 heavy (non-hydrogen) atoms. The molecule has 2 rings (SSSR count). The lowest BCUT2D eigenvalue weighted by atomic mass is 10.2. The fourth-order valence-corrected chi connectivity index (χ4v) is 1.99. The third kappa shape index (κ3) is 3.32. The number of nitriles is 1. The largest absolute Gasteiger partial charge is 0.437 e. The van der Waals surface area contributed by atoms with E-state index in [1.165, 1.54) is 0 Å². The second-order valence-corrected chi connectivity index (χ2v) is 4.69. The van der Waals surface area contributed by atoms with Crippen molar-refractivity contribution in [3.63, 3.8) is 0 Å². The van der Waals surface area contributed by atoms with Crippen LogP contribution in [0.15, 0.2) is 30.3 Å². The molecule has 0 saturated heterocycles. The second kappa shape index (κ2) is 6.47. The third-order valence-electron chi connectivity index (χ3n) is 2.44. The van der Waals surface area contributed by atoms with Crippen LogP contribution in [0.25, 0.3) is 0 Å². The smallest absolute Gasteiger partial charge is 0.240 e. The molecule has 0 unspecified atom stereocenters. The summed E-state index contributed by atoms with van der Waals surface area (Å²) in [6, 6.07) is 10.3. The molecule has 0 fully saturated rings. The second-order valence-electron chi connectivity index (χ2n) is 3.87. The first-order chi connectivity index (χ1) is 9.63. The molecule has 0 saturated carbocycles. The summed E-state index contributed by atoms with van der Waals surface area (Å²) >= 11 is 12.1. The Morgan fingerprint density at radius 1 is 1.25 bits per heavy atom. The minimum absolute atomic E-state index is 0.261. The highest BCUT2D eigenvalue weighted by atomic mass is 35.5. The zero-order valence-corrected chi connectivity index (χ0v) is 12.2. The molecule has 0 amide bonds. The highest BCUT2D eigenvalue weighted by Crippen LogP contribution is 2.33. The topological polar surface area (TPSA) is 57.9 Å². The van der Waals surface area contributed by atoms with Crippen LogP contribution < -0.4 is 10.1 Å². The van der Waals surface area contributed by atoms with Crippen molar-refractivity contribution in [1.82, 2.24) is 4.98 Å². The number of nitrogens with one attached hydrogen (secondary N) is 1. The Morgan fingerprint density at radius 2 is 1.95 bits per heavy atom. The van der Waals surface area contributed by atoms with Gasteiger partial charge >= 0.3 is 0 Å². The van der Waals surface area contributed by atoms with Crippen LogP contribution in [0.3, 0.4) is 0 Å². The maximum atomic E-state index is 8.74. The van der Waals surface area contributed by atoms with Crippen LogP contribution in [0.1, 0.15) is 12.5 Å². The summed E-state index contributed by atoms with van der Waals surface area (Å²) in [6.07, 6.45) is 0. The SMILES string of the molecule is CCNc1nc(Oc2ccc(C#N)cc2)c(Cl)cc1Cl.